The van der Waals surface area contributed by atoms with Crippen molar-refractivity contribution in [3.05, 3.63) is 40.1 Å². The Balaban J connectivity index is 1.99. The molecule has 5 nitrogen and oxygen atoms in total. The van der Waals surface area contributed by atoms with E-state index in [2.05, 4.69) is 4.98 Å². The van der Waals surface area contributed by atoms with Gasteiger partial charge in [-0.1, -0.05) is 23.2 Å². The zero-order valence-corrected chi connectivity index (χ0v) is 18.1. The first-order valence-electron chi connectivity index (χ1n) is 9.24. The molecule has 0 bridgehead atoms. The Hall–Kier alpha value is -2.38. The van der Waals surface area contributed by atoms with Crippen molar-refractivity contribution in [2.45, 2.75) is 19.3 Å². The average molecular weight is 454 g/mol. The van der Waals surface area contributed by atoms with Gasteiger partial charge < -0.3 is 14.4 Å². The number of rotatable bonds is 4. The third-order valence-electron chi connectivity index (χ3n) is 5.13. The quantitative estimate of drug-likeness (QED) is 0.501. The van der Waals surface area contributed by atoms with Crippen molar-refractivity contribution >= 4 is 39.8 Å². The summed E-state index contributed by atoms with van der Waals surface area (Å²) in [5, 5.41) is 2.00. The first kappa shape index (κ1) is 20.9. The second-order valence-electron chi connectivity index (χ2n) is 7.19. The van der Waals surface area contributed by atoms with Gasteiger partial charge in [-0.05, 0) is 19.1 Å². The van der Waals surface area contributed by atoms with E-state index in [-0.39, 0.29) is 23.0 Å². The molecule has 1 aliphatic heterocycles. The summed E-state index contributed by atoms with van der Waals surface area (Å²) in [4.78, 5) is 10.6. The molecule has 1 aliphatic rings. The Bertz CT molecular complexity index is 1110. The number of hydrogen-bond donors (Lipinski definition) is 0. The van der Waals surface area contributed by atoms with Crippen LogP contribution in [0.15, 0.2) is 24.4 Å². The summed E-state index contributed by atoms with van der Waals surface area (Å²) >= 11 is 13.1. The lowest BCUT2D eigenvalue weighted by atomic mass is 10.1. The van der Waals surface area contributed by atoms with Crippen LogP contribution in [0.25, 0.3) is 22.0 Å². The standard InChI is InChI=1S/C21H19Cl2F2N3O2/c1-11-6-13-12(9-26-11)7-14(27-20(13)28-5-4-21(24,25)10-28)17-18(22)15(29-2)8-16(30-3)19(17)23/h6-9H,4-5,10H2,1-3H3. The van der Waals surface area contributed by atoms with Gasteiger partial charge in [0, 0.05) is 47.3 Å². The van der Waals surface area contributed by atoms with Crippen LogP contribution in [-0.2, 0) is 0 Å². The molecule has 3 aromatic rings. The van der Waals surface area contributed by atoms with Crippen LogP contribution in [0.3, 0.4) is 0 Å². The SMILES string of the molecule is COc1cc(OC)c(Cl)c(-c2cc3cnc(C)cc3c(N3CCC(F)(F)C3)n2)c1Cl. The normalized spacial score (nSPS) is 15.6. The van der Waals surface area contributed by atoms with Gasteiger partial charge in [-0.2, -0.15) is 0 Å². The molecular weight excluding hydrogens is 435 g/mol. The summed E-state index contributed by atoms with van der Waals surface area (Å²) in [5.74, 6) is -1.59. The zero-order chi connectivity index (χ0) is 21.6. The highest BCUT2D eigenvalue weighted by Crippen LogP contribution is 2.46. The zero-order valence-electron chi connectivity index (χ0n) is 16.6. The Morgan fingerprint density at radius 1 is 1.07 bits per heavy atom. The van der Waals surface area contributed by atoms with E-state index in [0.717, 1.165) is 16.5 Å². The van der Waals surface area contributed by atoms with Crippen LogP contribution in [-0.4, -0.2) is 43.2 Å². The lowest BCUT2D eigenvalue weighted by Crippen LogP contribution is -2.26. The van der Waals surface area contributed by atoms with E-state index in [4.69, 9.17) is 37.7 Å². The first-order chi connectivity index (χ1) is 14.2. The Morgan fingerprint density at radius 2 is 1.73 bits per heavy atom. The number of benzene rings is 1. The Morgan fingerprint density at radius 3 is 2.30 bits per heavy atom. The summed E-state index contributed by atoms with van der Waals surface area (Å²) in [6.45, 7) is 1.64. The largest absolute Gasteiger partial charge is 0.495 e. The summed E-state index contributed by atoms with van der Waals surface area (Å²) in [6, 6.07) is 5.21. The summed E-state index contributed by atoms with van der Waals surface area (Å²) in [7, 11) is 2.97. The summed E-state index contributed by atoms with van der Waals surface area (Å²) in [6.07, 6.45) is 1.46. The van der Waals surface area contributed by atoms with Crippen LogP contribution in [0.1, 0.15) is 12.1 Å². The molecule has 0 amide bonds. The van der Waals surface area contributed by atoms with E-state index >= 15 is 0 Å². The number of anilines is 1. The van der Waals surface area contributed by atoms with Crippen LogP contribution in [0, 0.1) is 6.92 Å². The third kappa shape index (κ3) is 3.61. The molecule has 0 N–H and O–H groups in total. The number of hydrogen-bond acceptors (Lipinski definition) is 5. The number of alkyl halides is 2. The van der Waals surface area contributed by atoms with Crippen LogP contribution in [0.2, 0.25) is 10.0 Å². The molecule has 30 heavy (non-hydrogen) atoms. The van der Waals surface area contributed by atoms with E-state index < -0.39 is 12.5 Å². The molecule has 0 radical (unpaired) electrons. The molecule has 2 aromatic heterocycles. The predicted octanol–water partition coefficient (Wildman–Crippen LogP) is 5.77. The maximum absolute atomic E-state index is 14.0. The number of pyridine rings is 2. The highest BCUT2D eigenvalue weighted by molar-refractivity contribution is 6.41. The van der Waals surface area contributed by atoms with Crippen molar-refractivity contribution in [3.63, 3.8) is 0 Å². The fourth-order valence-corrected chi connectivity index (χ4v) is 4.32. The lowest BCUT2D eigenvalue weighted by molar-refractivity contribution is 0.0257. The van der Waals surface area contributed by atoms with Crippen LogP contribution in [0.5, 0.6) is 11.5 Å². The molecule has 0 saturated carbocycles. The highest BCUT2D eigenvalue weighted by Gasteiger charge is 2.39. The second kappa shape index (κ2) is 7.71. The minimum atomic E-state index is -2.76. The minimum Gasteiger partial charge on any atom is -0.495 e. The van der Waals surface area contributed by atoms with E-state index in [1.165, 1.54) is 14.2 Å². The molecule has 0 spiro atoms. The molecule has 4 rings (SSSR count). The highest BCUT2D eigenvalue weighted by atomic mass is 35.5. The molecule has 1 aromatic carbocycles. The molecule has 3 heterocycles. The van der Waals surface area contributed by atoms with Crippen molar-refractivity contribution in [2.24, 2.45) is 0 Å². The van der Waals surface area contributed by atoms with Crippen molar-refractivity contribution in [1.82, 2.24) is 9.97 Å². The van der Waals surface area contributed by atoms with Gasteiger partial charge in [0.2, 0.25) is 0 Å². The van der Waals surface area contributed by atoms with Crippen molar-refractivity contribution in [3.8, 4) is 22.8 Å². The van der Waals surface area contributed by atoms with Gasteiger partial charge >= 0.3 is 0 Å². The summed E-state index contributed by atoms with van der Waals surface area (Å²) < 4.78 is 38.6. The molecule has 0 unspecified atom stereocenters. The van der Waals surface area contributed by atoms with Crippen LogP contribution >= 0.6 is 23.2 Å². The van der Waals surface area contributed by atoms with Crippen molar-refractivity contribution < 1.29 is 18.3 Å². The second-order valence-corrected chi connectivity index (χ2v) is 7.95. The molecule has 158 valence electrons. The van der Waals surface area contributed by atoms with Crippen LogP contribution < -0.4 is 14.4 Å². The predicted molar refractivity (Wildman–Crippen MR) is 115 cm³/mol. The van der Waals surface area contributed by atoms with Gasteiger partial charge in [0.05, 0.1) is 36.5 Å². The van der Waals surface area contributed by atoms with Gasteiger partial charge in [0.25, 0.3) is 5.92 Å². The van der Waals surface area contributed by atoms with Gasteiger partial charge in [-0.15, -0.1) is 0 Å². The van der Waals surface area contributed by atoms with E-state index in [1.807, 2.05) is 13.0 Å². The van der Waals surface area contributed by atoms with Gasteiger partial charge in [0.15, 0.2) is 0 Å². The Kier molecular flexibility index (Phi) is 5.36. The first-order valence-corrected chi connectivity index (χ1v) is 10.00. The number of aromatic nitrogens is 2. The maximum Gasteiger partial charge on any atom is 0.266 e. The number of ether oxygens (including phenoxy) is 2. The molecule has 0 atom stereocenters. The fourth-order valence-electron chi connectivity index (χ4n) is 3.63. The van der Waals surface area contributed by atoms with E-state index in [9.17, 15) is 8.78 Å². The number of fused-ring (bicyclic) bond motifs is 1. The third-order valence-corrected chi connectivity index (χ3v) is 5.88. The van der Waals surface area contributed by atoms with Crippen LogP contribution in [0.4, 0.5) is 14.6 Å². The molecule has 0 aliphatic carbocycles. The summed E-state index contributed by atoms with van der Waals surface area (Å²) in [5.41, 5.74) is 1.60. The minimum absolute atomic E-state index is 0.197. The monoisotopic (exact) mass is 453 g/mol. The Labute approximate surface area is 182 Å². The van der Waals surface area contributed by atoms with Gasteiger partial charge in [0.1, 0.15) is 17.3 Å². The van der Waals surface area contributed by atoms with Gasteiger partial charge in [-0.25, -0.2) is 13.8 Å². The van der Waals surface area contributed by atoms with E-state index in [0.29, 0.717) is 28.6 Å². The fraction of sp³-hybridized carbons (Fsp3) is 0.333. The number of methoxy groups -OCH3 is 2. The number of halogens is 4. The average Bonchev–Trinajstić information content (AvgIpc) is 3.07. The maximum atomic E-state index is 14.0. The van der Waals surface area contributed by atoms with E-state index in [1.54, 1.807) is 23.2 Å². The number of aryl methyl sites for hydroxylation is 1. The molecule has 1 saturated heterocycles. The van der Waals surface area contributed by atoms with Crippen molar-refractivity contribution in [2.75, 3.05) is 32.2 Å². The number of nitrogens with zero attached hydrogens (tertiary/aromatic N) is 3. The van der Waals surface area contributed by atoms with Gasteiger partial charge in [-0.3, -0.25) is 4.98 Å². The molecular formula is C21H19Cl2F2N3O2. The molecule has 1 fully saturated rings. The smallest absolute Gasteiger partial charge is 0.266 e. The topological polar surface area (TPSA) is 47.5 Å². The lowest BCUT2D eigenvalue weighted by Gasteiger charge is -2.21. The van der Waals surface area contributed by atoms with Crippen molar-refractivity contribution in [1.29, 1.82) is 0 Å². The molecule has 9 heteroatoms.